The van der Waals surface area contributed by atoms with Crippen molar-refractivity contribution in [2.75, 3.05) is 0 Å². The van der Waals surface area contributed by atoms with E-state index in [1.165, 1.54) is 6.42 Å². The number of phenolic OH excluding ortho intramolecular Hbond substituents is 1. The Labute approximate surface area is 128 Å². The highest BCUT2D eigenvalue weighted by molar-refractivity contribution is 7.80. The Kier molecular flexibility index (Phi) is 5.12. The van der Waals surface area contributed by atoms with E-state index < -0.39 is 17.8 Å². The standard InChI is InChI=1S/C15H19FN2O2S/c16-10-6-7-12(19)11(8-10)15(20)18-13(14(17)21)9-4-2-1-3-5-9/h6-9,13,19H,1-5H2,(H2,17,21)(H,18,20). The molecule has 6 heteroatoms. The second-order valence-corrected chi connectivity index (χ2v) is 5.88. The summed E-state index contributed by atoms with van der Waals surface area (Å²) >= 11 is 5.05. The van der Waals surface area contributed by atoms with Gasteiger partial charge in [0.25, 0.3) is 5.91 Å². The summed E-state index contributed by atoms with van der Waals surface area (Å²) in [6.07, 6.45) is 5.27. The molecule has 4 N–H and O–H groups in total. The van der Waals surface area contributed by atoms with Gasteiger partial charge in [-0.05, 0) is 37.0 Å². The highest BCUT2D eigenvalue weighted by Crippen LogP contribution is 2.27. The van der Waals surface area contributed by atoms with Gasteiger partial charge in [-0.25, -0.2) is 4.39 Å². The summed E-state index contributed by atoms with van der Waals surface area (Å²) in [5.74, 6) is -1.20. The highest BCUT2D eigenvalue weighted by atomic mass is 32.1. The Morgan fingerprint density at radius 2 is 2.05 bits per heavy atom. The highest BCUT2D eigenvalue weighted by Gasteiger charge is 2.28. The normalized spacial score (nSPS) is 17.2. The van der Waals surface area contributed by atoms with E-state index in [1.807, 2.05) is 0 Å². The number of hydrogen-bond acceptors (Lipinski definition) is 3. The fraction of sp³-hybridized carbons (Fsp3) is 0.467. The third-order valence-electron chi connectivity index (χ3n) is 3.92. The largest absolute Gasteiger partial charge is 0.507 e. The molecule has 114 valence electrons. The number of phenols is 1. The van der Waals surface area contributed by atoms with Crippen LogP contribution in [0.2, 0.25) is 0 Å². The van der Waals surface area contributed by atoms with Crippen LogP contribution in [0.4, 0.5) is 4.39 Å². The van der Waals surface area contributed by atoms with E-state index in [0.717, 1.165) is 43.9 Å². The van der Waals surface area contributed by atoms with Crippen molar-refractivity contribution in [2.45, 2.75) is 38.1 Å². The van der Waals surface area contributed by atoms with Gasteiger partial charge < -0.3 is 16.2 Å². The van der Waals surface area contributed by atoms with Crippen molar-refractivity contribution in [1.82, 2.24) is 5.32 Å². The third-order valence-corrected chi connectivity index (χ3v) is 4.17. The molecule has 1 unspecified atom stereocenters. The van der Waals surface area contributed by atoms with Gasteiger partial charge in [0, 0.05) is 0 Å². The number of nitrogens with two attached hydrogens (primary N) is 1. The van der Waals surface area contributed by atoms with Crippen LogP contribution in [0.3, 0.4) is 0 Å². The molecule has 0 spiro atoms. The molecule has 0 aromatic heterocycles. The molecule has 1 saturated carbocycles. The van der Waals surface area contributed by atoms with Crippen molar-refractivity contribution in [3.8, 4) is 5.75 Å². The van der Waals surface area contributed by atoms with Crippen LogP contribution in [0.15, 0.2) is 18.2 Å². The summed E-state index contributed by atoms with van der Waals surface area (Å²) in [5, 5.41) is 12.4. The second kappa shape index (κ2) is 6.85. The quantitative estimate of drug-likeness (QED) is 0.747. The summed E-state index contributed by atoms with van der Waals surface area (Å²) in [6, 6.07) is 2.83. The molecule has 0 radical (unpaired) electrons. The number of nitrogens with one attached hydrogen (secondary N) is 1. The van der Waals surface area contributed by atoms with E-state index in [4.69, 9.17) is 18.0 Å². The molecule has 2 rings (SSSR count). The average Bonchev–Trinajstić information content (AvgIpc) is 2.47. The Hall–Kier alpha value is -1.69. The zero-order valence-corrected chi connectivity index (χ0v) is 12.5. The lowest BCUT2D eigenvalue weighted by atomic mass is 9.83. The molecule has 1 aliphatic rings. The molecular formula is C15H19FN2O2S. The first-order valence-corrected chi connectivity index (χ1v) is 7.48. The van der Waals surface area contributed by atoms with E-state index in [1.54, 1.807) is 0 Å². The van der Waals surface area contributed by atoms with Crippen molar-refractivity contribution in [2.24, 2.45) is 11.7 Å². The minimum absolute atomic E-state index is 0.105. The van der Waals surface area contributed by atoms with Gasteiger partial charge in [-0.2, -0.15) is 0 Å². The molecule has 4 nitrogen and oxygen atoms in total. The fourth-order valence-electron chi connectivity index (χ4n) is 2.80. The number of carbonyl (C=O) groups excluding carboxylic acids is 1. The number of halogens is 1. The zero-order valence-electron chi connectivity index (χ0n) is 11.6. The average molecular weight is 310 g/mol. The van der Waals surface area contributed by atoms with Gasteiger partial charge in [0.1, 0.15) is 11.6 Å². The molecule has 0 saturated heterocycles. The van der Waals surface area contributed by atoms with Crippen LogP contribution in [-0.4, -0.2) is 22.0 Å². The smallest absolute Gasteiger partial charge is 0.255 e. The van der Waals surface area contributed by atoms with Crippen LogP contribution in [0.5, 0.6) is 5.75 Å². The van der Waals surface area contributed by atoms with Crippen LogP contribution >= 0.6 is 12.2 Å². The maximum absolute atomic E-state index is 13.2. The van der Waals surface area contributed by atoms with Crippen LogP contribution in [0.1, 0.15) is 42.5 Å². The molecule has 0 bridgehead atoms. The number of aromatic hydroxyl groups is 1. The molecule has 0 heterocycles. The van der Waals surface area contributed by atoms with E-state index in [-0.39, 0.29) is 22.2 Å². The lowest BCUT2D eigenvalue weighted by Gasteiger charge is -2.30. The Morgan fingerprint density at radius 3 is 2.67 bits per heavy atom. The summed E-state index contributed by atoms with van der Waals surface area (Å²) in [6.45, 7) is 0. The maximum Gasteiger partial charge on any atom is 0.255 e. The number of benzene rings is 1. The molecule has 1 aromatic carbocycles. The molecule has 0 aliphatic heterocycles. The zero-order chi connectivity index (χ0) is 15.4. The molecule has 1 aromatic rings. The Bertz CT molecular complexity index is 544. The number of amides is 1. The first-order valence-electron chi connectivity index (χ1n) is 7.07. The van der Waals surface area contributed by atoms with Crippen LogP contribution in [0, 0.1) is 11.7 Å². The molecule has 1 atom stereocenters. The third kappa shape index (κ3) is 3.91. The van der Waals surface area contributed by atoms with Gasteiger partial charge >= 0.3 is 0 Å². The van der Waals surface area contributed by atoms with Crippen molar-refractivity contribution in [3.05, 3.63) is 29.6 Å². The van der Waals surface area contributed by atoms with Gasteiger partial charge in [0.05, 0.1) is 16.6 Å². The van der Waals surface area contributed by atoms with Crippen LogP contribution in [-0.2, 0) is 0 Å². The van der Waals surface area contributed by atoms with E-state index in [9.17, 15) is 14.3 Å². The van der Waals surface area contributed by atoms with Crippen LogP contribution < -0.4 is 11.1 Å². The van der Waals surface area contributed by atoms with Crippen molar-refractivity contribution >= 4 is 23.1 Å². The van der Waals surface area contributed by atoms with Gasteiger partial charge in [0.2, 0.25) is 0 Å². The van der Waals surface area contributed by atoms with Crippen LogP contribution in [0.25, 0.3) is 0 Å². The Balaban J connectivity index is 2.14. The first kappa shape index (κ1) is 15.7. The topological polar surface area (TPSA) is 75.3 Å². The number of hydrogen-bond donors (Lipinski definition) is 3. The van der Waals surface area contributed by atoms with Crippen molar-refractivity contribution in [3.63, 3.8) is 0 Å². The number of thiocarbonyl (C=S) groups is 1. The molecular weight excluding hydrogens is 291 g/mol. The second-order valence-electron chi connectivity index (χ2n) is 5.41. The number of rotatable bonds is 4. The summed E-state index contributed by atoms with van der Waals surface area (Å²) < 4.78 is 13.2. The molecule has 1 aliphatic carbocycles. The Morgan fingerprint density at radius 1 is 1.38 bits per heavy atom. The molecule has 1 fully saturated rings. The summed E-state index contributed by atoms with van der Waals surface area (Å²) in [5.41, 5.74) is 5.64. The predicted octanol–water partition coefficient (Wildman–Crippen LogP) is 2.50. The lowest BCUT2D eigenvalue weighted by molar-refractivity contribution is 0.0928. The van der Waals surface area contributed by atoms with Crippen molar-refractivity contribution < 1.29 is 14.3 Å². The van der Waals surface area contributed by atoms with Gasteiger partial charge in [0.15, 0.2) is 0 Å². The molecule has 21 heavy (non-hydrogen) atoms. The minimum Gasteiger partial charge on any atom is -0.507 e. The van der Waals surface area contributed by atoms with E-state index in [2.05, 4.69) is 5.32 Å². The monoisotopic (exact) mass is 310 g/mol. The first-order chi connectivity index (χ1) is 9.99. The maximum atomic E-state index is 13.2. The minimum atomic E-state index is -0.581. The SMILES string of the molecule is NC(=S)C(NC(=O)c1cc(F)ccc1O)C1CCCCC1. The van der Waals surface area contributed by atoms with E-state index in [0.29, 0.717) is 0 Å². The lowest BCUT2D eigenvalue weighted by Crippen LogP contribution is -2.48. The van der Waals surface area contributed by atoms with E-state index >= 15 is 0 Å². The van der Waals surface area contributed by atoms with Gasteiger partial charge in [-0.15, -0.1) is 0 Å². The van der Waals surface area contributed by atoms with Gasteiger partial charge in [-0.3, -0.25) is 4.79 Å². The summed E-state index contributed by atoms with van der Waals surface area (Å²) in [4.78, 5) is 12.5. The van der Waals surface area contributed by atoms with Gasteiger partial charge in [-0.1, -0.05) is 31.5 Å². The number of carbonyl (C=O) groups is 1. The van der Waals surface area contributed by atoms with Crippen molar-refractivity contribution in [1.29, 1.82) is 0 Å². The molecule has 1 amide bonds. The fourth-order valence-corrected chi connectivity index (χ4v) is 3.05. The summed E-state index contributed by atoms with van der Waals surface area (Å²) in [7, 11) is 0. The predicted molar refractivity (Wildman–Crippen MR) is 82.7 cm³/mol.